The van der Waals surface area contributed by atoms with E-state index in [2.05, 4.69) is 5.32 Å². The molecule has 6 nitrogen and oxygen atoms in total. The largest absolute Gasteiger partial charge is 0.479 e. The topological polar surface area (TPSA) is 89.9 Å². The van der Waals surface area contributed by atoms with E-state index < -0.39 is 12.1 Å². The zero-order valence-electron chi connectivity index (χ0n) is 11.7. The van der Waals surface area contributed by atoms with Crippen LogP contribution in [0.3, 0.4) is 0 Å². The van der Waals surface area contributed by atoms with Crippen LogP contribution >= 0.6 is 0 Å². The number of nitrogens with one attached hydrogen (secondary N) is 1. The second-order valence-electron chi connectivity index (χ2n) is 5.53. The van der Waals surface area contributed by atoms with Gasteiger partial charge in [0.15, 0.2) is 6.10 Å². The predicted molar refractivity (Wildman–Crippen MR) is 68.3 cm³/mol. The number of nitrogens with zero attached hydrogens (tertiary/aromatic N) is 1. The first-order valence-corrected chi connectivity index (χ1v) is 5.99. The van der Waals surface area contributed by atoms with E-state index in [1.807, 2.05) is 27.7 Å². The standard InChI is InChI=1S/C12H24N2O4/c1-8(12(2,3)4)14(5)11(18)13-7-6-9(15)10(16)17/h8-9,15H,6-7H2,1-5H3,(H,13,18)(H,16,17). The van der Waals surface area contributed by atoms with Gasteiger partial charge in [0.2, 0.25) is 0 Å². The van der Waals surface area contributed by atoms with Gasteiger partial charge >= 0.3 is 12.0 Å². The van der Waals surface area contributed by atoms with Crippen molar-refractivity contribution in [3.8, 4) is 0 Å². The molecule has 0 aromatic rings. The number of aliphatic carboxylic acids is 1. The zero-order valence-corrected chi connectivity index (χ0v) is 11.7. The molecule has 2 amide bonds. The van der Waals surface area contributed by atoms with Gasteiger partial charge in [0.1, 0.15) is 0 Å². The summed E-state index contributed by atoms with van der Waals surface area (Å²) in [5.74, 6) is -1.28. The van der Waals surface area contributed by atoms with Crippen molar-refractivity contribution in [3.05, 3.63) is 0 Å². The maximum Gasteiger partial charge on any atom is 0.332 e. The fraction of sp³-hybridized carbons (Fsp3) is 0.833. The summed E-state index contributed by atoms with van der Waals surface area (Å²) in [7, 11) is 1.69. The summed E-state index contributed by atoms with van der Waals surface area (Å²) < 4.78 is 0. The lowest BCUT2D eigenvalue weighted by molar-refractivity contribution is -0.146. The van der Waals surface area contributed by atoms with E-state index in [-0.39, 0.29) is 30.5 Å². The van der Waals surface area contributed by atoms with Gasteiger partial charge in [0, 0.05) is 26.1 Å². The van der Waals surface area contributed by atoms with Gasteiger partial charge in [-0.05, 0) is 12.3 Å². The Kier molecular flexibility index (Phi) is 6.11. The third-order valence-corrected chi connectivity index (χ3v) is 3.13. The van der Waals surface area contributed by atoms with Gasteiger partial charge in [-0.15, -0.1) is 0 Å². The number of amides is 2. The Morgan fingerprint density at radius 3 is 2.22 bits per heavy atom. The predicted octanol–water partition coefficient (Wildman–Crippen LogP) is 0.898. The Labute approximate surface area is 108 Å². The average molecular weight is 260 g/mol. The van der Waals surface area contributed by atoms with E-state index in [9.17, 15) is 9.59 Å². The molecule has 0 saturated carbocycles. The zero-order chi connectivity index (χ0) is 14.5. The Hall–Kier alpha value is -1.30. The fourth-order valence-electron chi connectivity index (χ4n) is 1.32. The molecule has 18 heavy (non-hydrogen) atoms. The van der Waals surface area contributed by atoms with Crippen molar-refractivity contribution < 1.29 is 19.8 Å². The number of carbonyl (C=O) groups is 2. The number of carboxylic acids is 1. The van der Waals surface area contributed by atoms with Crippen LogP contribution in [0.5, 0.6) is 0 Å². The molecule has 2 atom stereocenters. The lowest BCUT2D eigenvalue weighted by atomic mass is 9.87. The van der Waals surface area contributed by atoms with Gasteiger partial charge in [0.05, 0.1) is 0 Å². The number of carbonyl (C=O) groups excluding carboxylic acids is 1. The second-order valence-corrected chi connectivity index (χ2v) is 5.53. The van der Waals surface area contributed by atoms with Gasteiger partial charge in [-0.2, -0.15) is 0 Å². The normalized spacial score (nSPS) is 14.8. The first-order valence-electron chi connectivity index (χ1n) is 5.99. The number of hydrogen-bond acceptors (Lipinski definition) is 3. The molecule has 0 saturated heterocycles. The van der Waals surface area contributed by atoms with Crippen LogP contribution in [0.4, 0.5) is 4.79 Å². The highest BCUT2D eigenvalue weighted by Gasteiger charge is 2.26. The Balaban J connectivity index is 4.14. The molecular weight excluding hydrogens is 236 g/mol. The van der Waals surface area contributed by atoms with E-state index in [1.165, 1.54) is 0 Å². The molecule has 0 fully saturated rings. The summed E-state index contributed by atoms with van der Waals surface area (Å²) in [6.45, 7) is 8.19. The van der Waals surface area contributed by atoms with Crippen molar-refractivity contribution in [1.82, 2.24) is 10.2 Å². The van der Waals surface area contributed by atoms with Crippen molar-refractivity contribution in [2.45, 2.75) is 46.3 Å². The average Bonchev–Trinajstić information content (AvgIpc) is 2.25. The Bertz CT molecular complexity index is 299. The molecule has 0 aliphatic heterocycles. The summed E-state index contributed by atoms with van der Waals surface area (Å²) in [4.78, 5) is 23.7. The molecular formula is C12H24N2O4. The summed E-state index contributed by atoms with van der Waals surface area (Å²) in [5, 5.41) is 20.1. The molecule has 0 aromatic heterocycles. The van der Waals surface area contributed by atoms with Crippen LogP contribution in [0, 0.1) is 5.41 Å². The molecule has 0 rings (SSSR count). The fourth-order valence-corrected chi connectivity index (χ4v) is 1.32. The van der Waals surface area contributed by atoms with E-state index in [0.29, 0.717) is 0 Å². The van der Waals surface area contributed by atoms with Gasteiger partial charge in [-0.3, -0.25) is 0 Å². The van der Waals surface area contributed by atoms with Crippen molar-refractivity contribution in [1.29, 1.82) is 0 Å². The van der Waals surface area contributed by atoms with Crippen LogP contribution < -0.4 is 5.32 Å². The SMILES string of the molecule is CC(N(C)C(=O)NCCC(O)C(=O)O)C(C)(C)C. The highest BCUT2D eigenvalue weighted by Crippen LogP contribution is 2.22. The molecule has 0 aliphatic rings. The second kappa shape index (κ2) is 6.58. The van der Waals surface area contributed by atoms with Crippen LogP contribution in [-0.2, 0) is 4.79 Å². The van der Waals surface area contributed by atoms with Crippen LogP contribution in [0.2, 0.25) is 0 Å². The van der Waals surface area contributed by atoms with Gasteiger partial charge in [-0.25, -0.2) is 9.59 Å². The van der Waals surface area contributed by atoms with Crippen molar-refractivity contribution >= 4 is 12.0 Å². The van der Waals surface area contributed by atoms with Gasteiger partial charge in [0.25, 0.3) is 0 Å². The van der Waals surface area contributed by atoms with Gasteiger partial charge < -0.3 is 20.4 Å². The van der Waals surface area contributed by atoms with Gasteiger partial charge in [-0.1, -0.05) is 20.8 Å². The summed E-state index contributed by atoms with van der Waals surface area (Å²) in [6.07, 6.45) is -1.44. The Morgan fingerprint density at radius 1 is 1.33 bits per heavy atom. The molecule has 0 aliphatic carbocycles. The van der Waals surface area contributed by atoms with E-state index in [1.54, 1.807) is 11.9 Å². The minimum atomic E-state index is -1.43. The maximum atomic E-state index is 11.8. The third kappa shape index (κ3) is 5.35. The molecule has 0 aromatic carbocycles. The summed E-state index contributed by atoms with van der Waals surface area (Å²) >= 11 is 0. The minimum Gasteiger partial charge on any atom is -0.479 e. The first kappa shape index (κ1) is 16.7. The van der Waals surface area contributed by atoms with E-state index >= 15 is 0 Å². The molecule has 2 unspecified atom stereocenters. The number of hydrogen-bond donors (Lipinski definition) is 3. The van der Waals surface area contributed by atoms with Crippen LogP contribution in [0.1, 0.15) is 34.1 Å². The number of aliphatic hydroxyl groups excluding tert-OH is 1. The van der Waals surface area contributed by atoms with Crippen molar-refractivity contribution in [2.75, 3.05) is 13.6 Å². The molecule has 0 bridgehead atoms. The molecule has 0 heterocycles. The van der Waals surface area contributed by atoms with Crippen LogP contribution in [0.25, 0.3) is 0 Å². The lowest BCUT2D eigenvalue weighted by Gasteiger charge is -2.35. The van der Waals surface area contributed by atoms with Crippen LogP contribution in [-0.4, -0.2) is 52.9 Å². The number of aliphatic hydroxyl groups is 1. The molecule has 0 spiro atoms. The first-order chi connectivity index (χ1) is 8.07. The molecule has 6 heteroatoms. The maximum absolute atomic E-state index is 11.8. The molecule has 106 valence electrons. The van der Waals surface area contributed by atoms with Crippen molar-refractivity contribution in [3.63, 3.8) is 0 Å². The van der Waals surface area contributed by atoms with E-state index in [4.69, 9.17) is 10.2 Å². The highest BCUT2D eigenvalue weighted by molar-refractivity contribution is 5.74. The number of carboxylic acid groups (broad SMARTS) is 1. The Morgan fingerprint density at radius 2 is 1.83 bits per heavy atom. The molecule has 0 radical (unpaired) electrons. The quantitative estimate of drug-likeness (QED) is 0.685. The summed E-state index contributed by atoms with van der Waals surface area (Å²) in [6, 6.07) is -0.225. The molecule has 3 N–H and O–H groups in total. The smallest absolute Gasteiger partial charge is 0.332 e. The minimum absolute atomic E-state index is 0.00118. The van der Waals surface area contributed by atoms with E-state index in [0.717, 1.165) is 0 Å². The lowest BCUT2D eigenvalue weighted by Crippen LogP contribution is -2.48. The number of rotatable bonds is 5. The summed E-state index contributed by atoms with van der Waals surface area (Å²) in [5.41, 5.74) is -0.0351. The number of urea groups is 1. The van der Waals surface area contributed by atoms with Crippen LogP contribution in [0.15, 0.2) is 0 Å². The van der Waals surface area contributed by atoms with Crippen molar-refractivity contribution in [2.24, 2.45) is 5.41 Å². The highest BCUT2D eigenvalue weighted by atomic mass is 16.4. The monoisotopic (exact) mass is 260 g/mol. The third-order valence-electron chi connectivity index (χ3n) is 3.13.